The van der Waals surface area contributed by atoms with E-state index in [1.54, 1.807) is 0 Å². The van der Waals surface area contributed by atoms with Gasteiger partial charge in [-0.1, -0.05) is 12.1 Å². The summed E-state index contributed by atoms with van der Waals surface area (Å²) in [5, 5.41) is 2.88. The van der Waals surface area contributed by atoms with Gasteiger partial charge in [0, 0.05) is 15.1 Å². The van der Waals surface area contributed by atoms with Crippen molar-refractivity contribution < 1.29 is 4.79 Å². The third-order valence-corrected chi connectivity index (χ3v) is 4.44. The minimum Gasteiger partial charge on any atom is -0.399 e. The Kier molecular flexibility index (Phi) is 5.09. The normalized spacial score (nSPS) is 10.3. The highest BCUT2D eigenvalue weighted by atomic mass is 79.9. The van der Waals surface area contributed by atoms with Crippen LogP contribution in [0, 0.1) is 6.92 Å². The van der Waals surface area contributed by atoms with Gasteiger partial charge in [0.2, 0.25) is 5.91 Å². The fourth-order valence-corrected chi connectivity index (χ4v) is 2.81. The second-order valence-corrected chi connectivity index (χ2v) is 6.24. The van der Waals surface area contributed by atoms with E-state index >= 15 is 0 Å². The Morgan fingerprint density at radius 2 is 2.05 bits per heavy atom. The third kappa shape index (κ3) is 4.02. The minimum atomic E-state index is -0.0311. The third-order valence-electron chi connectivity index (χ3n) is 2.76. The second-order valence-electron chi connectivity index (χ2n) is 4.34. The van der Waals surface area contributed by atoms with Crippen molar-refractivity contribution >= 4 is 45.0 Å². The molecule has 2 aromatic rings. The first kappa shape index (κ1) is 14.9. The van der Waals surface area contributed by atoms with Gasteiger partial charge in [0.25, 0.3) is 0 Å². The quantitative estimate of drug-likeness (QED) is 0.645. The molecule has 2 rings (SSSR count). The second kappa shape index (κ2) is 6.81. The van der Waals surface area contributed by atoms with Crippen molar-refractivity contribution in [3.8, 4) is 0 Å². The van der Waals surface area contributed by atoms with Gasteiger partial charge in [-0.2, -0.15) is 0 Å². The summed E-state index contributed by atoms with van der Waals surface area (Å²) in [7, 11) is 0. The summed E-state index contributed by atoms with van der Waals surface area (Å²) in [4.78, 5) is 13.0. The molecule has 0 atom stereocenters. The van der Waals surface area contributed by atoms with E-state index in [9.17, 15) is 4.79 Å². The van der Waals surface area contributed by atoms with Crippen LogP contribution in [0.3, 0.4) is 0 Å². The van der Waals surface area contributed by atoms with Crippen molar-refractivity contribution in [2.45, 2.75) is 11.8 Å². The molecule has 0 spiro atoms. The zero-order valence-electron chi connectivity index (χ0n) is 11.0. The van der Waals surface area contributed by atoms with Crippen LogP contribution in [0.5, 0.6) is 0 Å². The van der Waals surface area contributed by atoms with E-state index in [0.29, 0.717) is 5.75 Å². The monoisotopic (exact) mass is 350 g/mol. The van der Waals surface area contributed by atoms with Crippen molar-refractivity contribution in [2.75, 3.05) is 16.8 Å². The molecule has 0 heterocycles. The summed E-state index contributed by atoms with van der Waals surface area (Å²) >= 11 is 4.90. The van der Waals surface area contributed by atoms with E-state index in [1.807, 2.05) is 49.4 Å². The minimum absolute atomic E-state index is 0.0311. The molecule has 0 unspecified atom stereocenters. The number of para-hydroxylation sites is 1. The van der Waals surface area contributed by atoms with Crippen molar-refractivity contribution in [1.82, 2.24) is 0 Å². The lowest BCUT2D eigenvalue weighted by Gasteiger charge is -2.08. The SMILES string of the molecule is Cc1cc(SCC(=O)Nc2ccccc2Br)ccc1N. The van der Waals surface area contributed by atoms with Gasteiger partial charge in [-0.3, -0.25) is 4.79 Å². The topological polar surface area (TPSA) is 55.1 Å². The molecule has 1 amide bonds. The molecule has 0 aromatic heterocycles. The molecule has 0 aliphatic carbocycles. The summed E-state index contributed by atoms with van der Waals surface area (Å²) < 4.78 is 0.877. The Hall–Kier alpha value is -1.46. The molecule has 0 saturated carbocycles. The molecule has 0 saturated heterocycles. The maximum atomic E-state index is 11.9. The maximum Gasteiger partial charge on any atom is 0.234 e. The molecule has 0 bridgehead atoms. The number of carbonyl (C=O) groups excluding carboxylic acids is 1. The Morgan fingerprint density at radius 1 is 1.30 bits per heavy atom. The number of anilines is 2. The van der Waals surface area contributed by atoms with E-state index in [2.05, 4.69) is 21.2 Å². The fourth-order valence-electron chi connectivity index (χ4n) is 1.64. The summed E-state index contributed by atoms with van der Waals surface area (Å²) in [5.41, 5.74) is 8.35. The number of rotatable bonds is 4. The van der Waals surface area contributed by atoms with Gasteiger partial charge in [-0.05, 0) is 58.7 Å². The van der Waals surface area contributed by atoms with E-state index in [1.165, 1.54) is 11.8 Å². The molecule has 20 heavy (non-hydrogen) atoms. The smallest absolute Gasteiger partial charge is 0.234 e. The zero-order valence-corrected chi connectivity index (χ0v) is 13.4. The number of hydrogen-bond acceptors (Lipinski definition) is 3. The predicted molar refractivity (Wildman–Crippen MR) is 89.1 cm³/mol. The number of amides is 1. The Bertz CT molecular complexity index is 631. The van der Waals surface area contributed by atoms with E-state index < -0.39 is 0 Å². The van der Waals surface area contributed by atoms with Crippen LogP contribution in [0.4, 0.5) is 11.4 Å². The molecule has 104 valence electrons. The lowest BCUT2D eigenvalue weighted by Crippen LogP contribution is -2.14. The van der Waals surface area contributed by atoms with Crippen LogP contribution >= 0.6 is 27.7 Å². The predicted octanol–water partition coefficient (Wildman–Crippen LogP) is 4.07. The van der Waals surface area contributed by atoms with Crippen LogP contribution < -0.4 is 11.1 Å². The molecule has 2 aromatic carbocycles. The van der Waals surface area contributed by atoms with Crippen molar-refractivity contribution in [3.05, 3.63) is 52.5 Å². The summed E-state index contributed by atoms with van der Waals surface area (Å²) in [6, 6.07) is 13.3. The van der Waals surface area contributed by atoms with Crippen molar-refractivity contribution in [3.63, 3.8) is 0 Å². The van der Waals surface area contributed by atoms with E-state index in [4.69, 9.17) is 5.73 Å². The number of nitrogens with two attached hydrogens (primary N) is 1. The lowest BCUT2D eigenvalue weighted by atomic mass is 10.2. The number of benzene rings is 2. The maximum absolute atomic E-state index is 11.9. The van der Waals surface area contributed by atoms with Crippen LogP contribution in [-0.4, -0.2) is 11.7 Å². The molecular formula is C15H15BrN2OS. The molecule has 3 nitrogen and oxygen atoms in total. The first-order valence-electron chi connectivity index (χ1n) is 6.09. The molecule has 3 N–H and O–H groups in total. The number of hydrogen-bond donors (Lipinski definition) is 2. The number of aryl methyl sites for hydroxylation is 1. The average molecular weight is 351 g/mol. The van der Waals surface area contributed by atoms with E-state index in [-0.39, 0.29) is 5.91 Å². The lowest BCUT2D eigenvalue weighted by molar-refractivity contribution is -0.113. The number of nitrogens with one attached hydrogen (secondary N) is 1. The standard InChI is InChI=1S/C15H15BrN2OS/c1-10-8-11(6-7-13(10)17)20-9-15(19)18-14-5-3-2-4-12(14)16/h2-8H,9,17H2,1H3,(H,18,19). The van der Waals surface area contributed by atoms with E-state index in [0.717, 1.165) is 26.3 Å². The summed E-state index contributed by atoms with van der Waals surface area (Å²) in [5.74, 6) is 0.335. The Balaban J connectivity index is 1.92. The van der Waals surface area contributed by atoms with Crippen LogP contribution in [-0.2, 0) is 4.79 Å². The van der Waals surface area contributed by atoms with Gasteiger partial charge < -0.3 is 11.1 Å². The number of carbonyl (C=O) groups is 1. The van der Waals surface area contributed by atoms with Crippen LogP contribution in [0.15, 0.2) is 51.8 Å². The van der Waals surface area contributed by atoms with Crippen LogP contribution in [0.25, 0.3) is 0 Å². The van der Waals surface area contributed by atoms with Gasteiger partial charge in [-0.15, -0.1) is 11.8 Å². The first-order chi connectivity index (χ1) is 9.56. The zero-order chi connectivity index (χ0) is 14.5. The van der Waals surface area contributed by atoms with Gasteiger partial charge in [0.05, 0.1) is 11.4 Å². The highest BCUT2D eigenvalue weighted by Gasteiger charge is 2.06. The van der Waals surface area contributed by atoms with Gasteiger partial charge in [-0.25, -0.2) is 0 Å². The molecule has 5 heteroatoms. The van der Waals surface area contributed by atoms with Crippen LogP contribution in [0.2, 0.25) is 0 Å². The number of halogens is 1. The number of nitrogen functional groups attached to an aromatic ring is 1. The fraction of sp³-hybridized carbons (Fsp3) is 0.133. The molecule has 0 aliphatic heterocycles. The first-order valence-corrected chi connectivity index (χ1v) is 7.87. The molecule has 0 aliphatic rings. The molecular weight excluding hydrogens is 336 g/mol. The van der Waals surface area contributed by atoms with Gasteiger partial charge >= 0.3 is 0 Å². The highest BCUT2D eigenvalue weighted by molar-refractivity contribution is 9.10. The summed E-state index contributed by atoms with van der Waals surface area (Å²) in [6.45, 7) is 1.96. The van der Waals surface area contributed by atoms with Gasteiger partial charge in [0.15, 0.2) is 0 Å². The highest BCUT2D eigenvalue weighted by Crippen LogP contribution is 2.24. The average Bonchev–Trinajstić information content (AvgIpc) is 2.43. The van der Waals surface area contributed by atoms with Crippen molar-refractivity contribution in [1.29, 1.82) is 0 Å². The largest absolute Gasteiger partial charge is 0.399 e. The molecule has 0 fully saturated rings. The van der Waals surface area contributed by atoms with Gasteiger partial charge in [0.1, 0.15) is 0 Å². The summed E-state index contributed by atoms with van der Waals surface area (Å²) in [6.07, 6.45) is 0. The molecule has 0 radical (unpaired) electrons. The Labute approximate surface area is 131 Å². The Morgan fingerprint density at radius 3 is 2.75 bits per heavy atom. The van der Waals surface area contributed by atoms with Crippen LogP contribution in [0.1, 0.15) is 5.56 Å². The van der Waals surface area contributed by atoms with Crippen molar-refractivity contribution in [2.24, 2.45) is 0 Å². The number of thioether (sulfide) groups is 1.